The Morgan fingerprint density at radius 1 is 1.35 bits per heavy atom. The lowest BCUT2D eigenvalue weighted by atomic mass is 10.2. The monoisotopic (exact) mass is 234 g/mol. The fourth-order valence-electron chi connectivity index (χ4n) is 1.20. The van der Waals surface area contributed by atoms with E-state index in [0.29, 0.717) is 0 Å². The third-order valence-corrected chi connectivity index (χ3v) is 2.42. The standard InChI is InChI=1S/C14H18O3/c1-4-11(2)17-14(15)10-7-12-5-8-13(16-3)9-6-12/h5-11H,4H2,1-3H3. The molecule has 1 aromatic rings. The van der Waals surface area contributed by atoms with Crippen LogP contribution >= 0.6 is 0 Å². The van der Waals surface area contributed by atoms with Crippen LogP contribution in [0.4, 0.5) is 0 Å². The van der Waals surface area contributed by atoms with Gasteiger partial charge in [-0.15, -0.1) is 0 Å². The largest absolute Gasteiger partial charge is 0.497 e. The van der Waals surface area contributed by atoms with Crippen LogP contribution in [0.2, 0.25) is 0 Å². The molecule has 0 aromatic heterocycles. The maximum Gasteiger partial charge on any atom is 0.331 e. The lowest BCUT2D eigenvalue weighted by Crippen LogP contribution is -2.11. The zero-order valence-electron chi connectivity index (χ0n) is 10.5. The number of benzene rings is 1. The van der Waals surface area contributed by atoms with Crippen LogP contribution in [0.25, 0.3) is 6.08 Å². The van der Waals surface area contributed by atoms with Crippen molar-refractivity contribution < 1.29 is 14.3 Å². The minimum absolute atomic E-state index is 0.0389. The summed E-state index contributed by atoms with van der Waals surface area (Å²) in [5, 5.41) is 0. The Labute approximate surface area is 102 Å². The van der Waals surface area contributed by atoms with Gasteiger partial charge in [0.1, 0.15) is 5.75 Å². The summed E-state index contributed by atoms with van der Waals surface area (Å²) in [6.45, 7) is 3.85. The number of hydrogen-bond donors (Lipinski definition) is 0. The van der Waals surface area contributed by atoms with E-state index in [9.17, 15) is 4.79 Å². The Morgan fingerprint density at radius 2 is 2.00 bits per heavy atom. The van der Waals surface area contributed by atoms with E-state index in [-0.39, 0.29) is 12.1 Å². The van der Waals surface area contributed by atoms with Gasteiger partial charge in [0.15, 0.2) is 0 Å². The van der Waals surface area contributed by atoms with Crippen LogP contribution in [0.3, 0.4) is 0 Å². The van der Waals surface area contributed by atoms with E-state index in [4.69, 9.17) is 9.47 Å². The highest BCUT2D eigenvalue weighted by Gasteiger charge is 2.03. The van der Waals surface area contributed by atoms with Crippen molar-refractivity contribution in [3.63, 3.8) is 0 Å². The first-order valence-corrected chi connectivity index (χ1v) is 5.68. The van der Waals surface area contributed by atoms with E-state index in [1.54, 1.807) is 13.2 Å². The maximum atomic E-state index is 11.4. The van der Waals surface area contributed by atoms with Crippen molar-refractivity contribution in [3.05, 3.63) is 35.9 Å². The summed E-state index contributed by atoms with van der Waals surface area (Å²) in [5.41, 5.74) is 0.937. The van der Waals surface area contributed by atoms with E-state index in [2.05, 4.69) is 0 Å². The summed E-state index contributed by atoms with van der Waals surface area (Å²) in [6, 6.07) is 7.46. The normalized spacial score (nSPS) is 12.4. The van der Waals surface area contributed by atoms with Gasteiger partial charge in [-0.05, 0) is 37.1 Å². The molecule has 3 nitrogen and oxygen atoms in total. The molecule has 0 heterocycles. The number of methoxy groups -OCH3 is 1. The number of ether oxygens (including phenoxy) is 2. The number of hydrogen-bond acceptors (Lipinski definition) is 3. The SMILES string of the molecule is CCC(C)OC(=O)C=Cc1ccc(OC)cc1. The Balaban J connectivity index is 2.54. The molecule has 0 spiro atoms. The third kappa shape index (κ3) is 4.72. The second kappa shape index (κ2) is 6.74. The molecule has 0 saturated heterocycles. The highest BCUT2D eigenvalue weighted by atomic mass is 16.5. The van der Waals surface area contributed by atoms with Crippen molar-refractivity contribution in [2.24, 2.45) is 0 Å². The van der Waals surface area contributed by atoms with Gasteiger partial charge in [0.05, 0.1) is 13.2 Å². The van der Waals surface area contributed by atoms with E-state index >= 15 is 0 Å². The average molecular weight is 234 g/mol. The first-order chi connectivity index (χ1) is 8.15. The van der Waals surface area contributed by atoms with Gasteiger partial charge >= 0.3 is 5.97 Å². The Hall–Kier alpha value is -1.77. The molecular formula is C14H18O3. The van der Waals surface area contributed by atoms with Gasteiger partial charge in [-0.25, -0.2) is 4.79 Å². The predicted octanol–water partition coefficient (Wildman–Crippen LogP) is 3.05. The van der Waals surface area contributed by atoms with Crippen molar-refractivity contribution in [3.8, 4) is 5.75 Å². The van der Waals surface area contributed by atoms with Gasteiger partial charge in [0.2, 0.25) is 0 Å². The molecular weight excluding hydrogens is 216 g/mol. The number of rotatable bonds is 5. The van der Waals surface area contributed by atoms with E-state index in [1.807, 2.05) is 38.1 Å². The molecule has 0 aliphatic rings. The summed E-state index contributed by atoms with van der Waals surface area (Å²) in [7, 11) is 1.62. The van der Waals surface area contributed by atoms with Crippen LogP contribution in [0, 0.1) is 0 Å². The van der Waals surface area contributed by atoms with Crippen LogP contribution in [0.15, 0.2) is 30.3 Å². The van der Waals surface area contributed by atoms with Crippen LogP contribution in [0.1, 0.15) is 25.8 Å². The van der Waals surface area contributed by atoms with Gasteiger partial charge < -0.3 is 9.47 Å². The molecule has 1 atom stereocenters. The Morgan fingerprint density at radius 3 is 2.53 bits per heavy atom. The zero-order valence-corrected chi connectivity index (χ0v) is 10.5. The van der Waals surface area contributed by atoms with Crippen LogP contribution in [-0.2, 0) is 9.53 Å². The molecule has 1 aromatic carbocycles. The van der Waals surface area contributed by atoms with E-state index < -0.39 is 0 Å². The van der Waals surface area contributed by atoms with Crippen LogP contribution in [-0.4, -0.2) is 19.2 Å². The summed E-state index contributed by atoms with van der Waals surface area (Å²) < 4.78 is 10.2. The molecule has 0 N–H and O–H groups in total. The summed E-state index contributed by atoms with van der Waals surface area (Å²) in [5.74, 6) is 0.486. The molecule has 92 valence electrons. The second-order valence-electron chi connectivity index (χ2n) is 3.76. The predicted molar refractivity (Wildman–Crippen MR) is 67.9 cm³/mol. The van der Waals surface area contributed by atoms with E-state index in [0.717, 1.165) is 17.7 Å². The molecule has 1 unspecified atom stereocenters. The smallest absolute Gasteiger partial charge is 0.331 e. The first kappa shape index (κ1) is 13.3. The number of esters is 1. The summed E-state index contributed by atoms with van der Waals surface area (Å²) in [6.07, 6.45) is 3.95. The lowest BCUT2D eigenvalue weighted by Gasteiger charge is -2.07. The fourth-order valence-corrected chi connectivity index (χ4v) is 1.20. The second-order valence-corrected chi connectivity index (χ2v) is 3.76. The molecule has 17 heavy (non-hydrogen) atoms. The van der Waals surface area contributed by atoms with Crippen molar-refractivity contribution in [2.75, 3.05) is 7.11 Å². The van der Waals surface area contributed by atoms with Crippen molar-refractivity contribution in [1.82, 2.24) is 0 Å². The number of carbonyl (C=O) groups excluding carboxylic acids is 1. The third-order valence-electron chi connectivity index (χ3n) is 2.42. The minimum atomic E-state index is -0.310. The quantitative estimate of drug-likeness (QED) is 0.580. The topological polar surface area (TPSA) is 35.5 Å². The molecule has 3 heteroatoms. The molecule has 1 rings (SSSR count). The molecule has 0 saturated carbocycles. The minimum Gasteiger partial charge on any atom is -0.497 e. The molecule has 0 aliphatic carbocycles. The molecule has 0 amide bonds. The summed E-state index contributed by atoms with van der Waals surface area (Å²) >= 11 is 0. The van der Waals surface area contributed by atoms with Gasteiger partial charge in [0, 0.05) is 6.08 Å². The summed E-state index contributed by atoms with van der Waals surface area (Å²) in [4.78, 5) is 11.4. The molecule has 0 fully saturated rings. The van der Waals surface area contributed by atoms with Gasteiger partial charge in [0.25, 0.3) is 0 Å². The zero-order chi connectivity index (χ0) is 12.7. The van der Waals surface area contributed by atoms with Crippen LogP contribution < -0.4 is 4.74 Å². The fraction of sp³-hybridized carbons (Fsp3) is 0.357. The van der Waals surface area contributed by atoms with Crippen LogP contribution in [0.5, 0.6) is 5.75 Å². The highest BCUT2D eigenvalue weighted by Crippen LogP contribution is 2.12. The van der Waals surface area contributed by atoms with Gasteiger partial charge in [-0.1, -0.05) is 19.1 Å². The van der Waals surface area contributed by atoms with Crippen molar-refractivity contribution in [2.45, 2.75) is 26.4 Å². The van der Waals surface area contributed by atoms with Crippen molar-refractivity contribution >= 4 is 12.0 Å². The highest BCUT2D eigenvalue weighted by molar-refractivity contribution is 5.87. The Bertz CT molecular complexity index is 379. The Kier molecular flexibility index (Phi) is 5.27. The van der Waals surface area contributed by atoms with Crippen molar-refractivity contribution in [1.29, 1.82) is 0 Å². The lowest BCUT2D eigenvalue weighted by molar-refractivity contribution is -0.142. The average Bonchev–Trinajstić information content (AvgIpc) is 2.36. The molecule has 0 radical (unpaired) electrons. The first-order valence-electron chi connectivity index (χ1n) is 5.68. The number of carbonyl (C=O) groups is 1. The maximum absolute atomic E-state index is 11.4. The molecule has 0 bridgehead atoms. The molecule has 0 aliphatic heterocycles. The van der Waals surface area contributed by atoms with Gasteiger partial charge in [-0.3, -0.25) is 0 Å². The van der Waals surface area contributed by atoms with Gasteiger partial charge in [-0.2, -0.15) is 0 Å². The van der Waals surface area contributed by atoms with E-state index in [1.165, 1.54) is 6.08 Å².